The van der Waals surface area contributed by atoms with E-state index < -0.39 is 17.7 Å². The average Bonchev–Trinajstić information content (AvgIpc) is 2.38. The van der Waals surface area contributed by atoms with Crippen LogP contribution in [0.1, 0.15) is 15.9 Å². The van der Waals surface area contributed by atoms with E-state index in [1.807, 2.05) is 0 Å². The Kier molecular flexibility index (Phi) is 3.65. The highest BCUT2D eigenvalue weighted by atomic mass is 19.4. The van der Waals surface area contributed by atoms with Crippen molar-refractivity contribution in [1.29, 1.82) is 0 Å². The van der Waals surface area contributed by atoms with Gasteiger partial charge in [0.1, 0.15) is 0 Å². The van der Waals surface area contributed by atoms with Crippen molar-refractivity contribution < 1.29 is 23.1 Å². The van der Waals surface area contributed by atoms with Gasteiger partial charge in [0, 0.05) is 5.69 Å². The molecule has 0 unspecified atom stereocenters. The highest BCUT2D eigenvalue weighted by molar-refractivity contribution is 5.88. The highest BCUT2D eigenvalue weighted by Gasteiger charge is 2.33. The fourth-order valence-electron chi connectivity index (χ4n) is 1.69. The van der Waals surface area contributed by atoms with Crippen molar-refractivity contribution in [3.8, 4) is 0 Å². The van der Waals surface area contributed by atoms with Gasteiger partial charge in [0.25, 0.3) is 0 Å². The van der Waals surface area contributed by atoms with Gasteiger partial charge in [0.15, 0.2) is 0 Å². The molecule has 2 aromatic rings. The van der Waals surface area contributed by atoms with Crippen LogP contribution in [0, 0.1) is 0 Å². The van der Waals surface area contributed by atoms with Crippen molar-refractivity contribution >= 4 is 17.3 Å². The number of carboxylic acids is 1. The monoisotopic (exact) mass is 281 g/mol. The summed E-state index contributed by atoms with van der Waals surface area (Å²) in [4.78, 5) is 10.7. The van der Waals surface area contributed by atoms with Gasteiger partial charge in [-0.2, -0.15) is 13.2 Å². The molecule has 0 atom stereocenters. The molecule has 6 heteroatoms. The van der Waals surface area contributed by atoms with Crippen LogP contribution in [-0.4, -0.2) is 11.1 Å². The van der Waals surface area contributed by atoms with E-state index >= 15 is 0 Å². The van der Waals surface area contributed by atoms with Crippen molar-refractivity contribution in [2.24, 2.45) is 0 Å². The van der Waals surface area contributed by atoms with Crippen molar-refractivity contribution in [1.82, 2.24) is 0 Å². The van der Waals surface area contributed by atoms with Crippen LogP contribution >= 0.6 is 0 Å². The van der Waals surface area contributed by atoms with E-state index in [1.165, 1.54) is 42.5 Å². The largest absolute Gasteiger partial charge is 0.478 e. The van der Waals surface area contributed by atoms with Gasteiger partial charge in [0.2, 0.25) is 0 Å². The van der Waals surface area contributed by atoms with Crippen molar-refractivity contribution in [2.75, 3.05) is 5.32 Å². The van der Waals surface area contributed by atoms with E-state index in [9.17, 15) is 18.0 Å². The summed E-state index contributed by atoms with van der Waals surface area (Å²) in [6.07, 6.45) is -4.45. The molecule has 0 aromatic heterocycles. The first kappa shape index (κ1) is 13.9. The Hall–Kier alpha value is -2.50. The predicted molar refractivity (Wildman–Crippen MR) is 68.1 cm³/mol. The summed E-state index contributed by atoms with van der Waals surface area (Å²) in [5, 5.41) is 11.4. The predicted octanol–water partition coefficient (Wildman–Crippen LogP) is 4.15. The van der Waals surface area contributed by atoms with Gasteiger partial charge in [-0.1, -0.05) is 12.1 Å². The minimum Gasteiger partial charge on any atom is -0.478 e. The maximum atomic E-state index is 12.8. The molecular formula is C14H10F3NO2. The standard InChI is InChI=1S/C14H10F3NO2/c15-14(16,17)11-3-1-2-4-12(11)18-10-7-5-9(6-8-10)13(19)20/h1-8,18H,(H,19,20). The first-order valence-corrected chi connectivity index (χ1v) is 5.64. The number of benzene rings is 2. The van der Waals surface area contributed by atoms with E-state index in [-0.39, 0.29) is 11.3 Å². The molecule has 0 fully saturated rings. The van der Waals surface area contributed by atoms with Gasteiger partial charge in [-0.15, -0.1) is 0 Å². The summed E-state index contributed by atoms with van der Waals surface area (Å²) in [7, 11) is 0. The molecule has 0 aliphatic heterocycles. The lowest BCUT2D eigenvalue weighted by molar-refractivity contribution is -0.136. The molecular weight excluding hydrogens is 271 g/mol. The van der Waals surface area contributed by atoms with Gasteiger partial charge < -0.3 is 10.4 Å². The van der Waals surface area contributed by atoms with Crippen LogP contribution in [0.5, 0.6) is 0 Å². The number of hydrogen-bond acceptors (Lipinski definition) is 2. The lowest BCUT2D eigenvalue weighted by Crippen LogP contribution is -2.08. The van der Waals surface area contributed by atoms with E-state index in [0.717, 1.165) is 6.07 Å². The lowest BCUT2D eigenvalue weighted by atomic mass is 10.1. The number of aromatic carboxylic acids is 1. The number of carboxylic acid groups (broad SMARTS) is 1. The topological polar surface area (TPSA) is 49.3 Å². The molecule has 0 amide bonds. The molecule has 0 spiro atoms. The van der Waals surface area contributed by atoms with Crippen LogP contribution < -0.4 is 5.32 Å². The second kappa shape index (κ2) is 5.24. The fourth-order valence-corrected chi connectivity index (χ4v) is 1.69. The summed E-state index contributed by atoms with van der Waals surface area (Å²) < 4.78 is 38.4. The van der Waals surface area contributed by atoms with Crippen LogP contribution in [0.4, 0.5) is 24.5 Å². The quantitative estimate of drug-likeness (QED) is 0.888. The number of hydrogen-bond donors (Lipinski definition) is 2. The van der Waals surface area contributed by atoms with Crippen LogP contribution in [-0.2, 0) is 6.18 Å². The zero-order valence-electron chi connectivity index (χ0n) is 10.1. The van der Waals surface area contributed by atoms with E-state index in [1.54, 1.807) is 0 Å². The van der Waals surface area contributed by atoms with Crippen LogP contribution in [0.3, 0.4) is 0 Å². The zero-order valence-corrected chi connectivity index (χ0v) is 10.1. The van der Waals surface area contributed by atoms with Gasteiger partial charge in [-0.25, -0.2) is 4.79 Å². The van der Waals surface area contributed by atoms with Crippen LogP contribution in [0.15, 0.2) is 48.5 Å². The third-order valence-electron chi connectivity index (χ3n) is 2.64. The Balaban J connectivity index is 2.28. The van der Waals surface area contributed by atoms with Crippen molar-refractivity contribution in [3.63, 3.8) is 0 Å². The molecule has 104 valence electrons. The molecule has 0 heterocycles. The Bertz CT molecular complexity index is 621. The van der Waals surface area contributed by atoms with Gasteiger partial charge in [-0.05, 0) is 36.4 Å². The first-order valence-electron chi connectivity index (χ1n) is 5.64. The summed E-state index contributed by atoms with van der Waals surface area (Å²) in [5.74, 6) is -1.09. The molecule has 20 heavy (non-hydrogen) atoms. The van der Waals surface area contributed by atoms with Crippen molar-refractivity contribution in [3.05, 3.63) is 59.7 Å². The highest BCUT2D eigenvalue weighted by Crippen LogP contribution is 2.35. The SMILES string of the molecule is O=C(O)c1ccc(Nc2ccccc2C(F)(F)F)cc1. The number of carbonyl (C=O) groups is 1. The first-order chi connectivity index (χ1) is 9.38. The maximum Gasteiger partial charge on any atom is 0.418 e. The second-order valence-electron chi connectivity index (χ2n) is 4.05. The van der Waals surface area contributed by atoms with Gasteiger partial charge >= 0.3 is 12.1 Å². The third-order valence-corrected chi connectivity index (χ3v) is 2.64. The van der Waals surface area contributed by atoms with Crippen molar-refractivity contribution in [2.45, 2.75) is 6.18 Å². The van der Waals surface area contributed by atoms with Crippen LogP contribution in [0.2, 0.25) is 0 Å². The van der Waals surface area contributed by atoms with Gasteiger partial charge in [0.05, 0.1) is 16.8 Å². The summed E-state index contributed by atoms with van der Waals surface area (Å²) in [5.41, 5.74) is -0.406. The molecule has 0 aliphatic rings. The molecule has 0 saturated heterocycles. The lowest BCUT2D eigenvalue weighted by Gasteiger charge is -2.14. The van der Waals surface area contributed by atoms with E-state index in [4.69, 9.17) is 5.11 Å². The van der Waals surface area contributed by atoms with Crippen LogP contribution in [0.25, 0.3) is 0 Å². The molecule has 3 nitrogen and oxygen atoms in total. The van der Waals surface area contributed by atoms with E-state index in [0.29, 0.717) is 5.69 Å². The molecule has 0 bridgehead atoms. The number of halogens is 3. The van der Waals surface area contributed by atoms with Gasteiger partial charge in [-0.3, -0.25) is 0 Å². The van der Waals surface area contributed by atoms with E-state index in [2.05, 4.69) is 5.32 Å². The minimum absolute atomic E-state index is 0.0691. The smallest absolute Gasteiger partial charge is 0.418 e. The fraction of sp³-hybridized carbons (Fsp3) is 0.0714. The number of nitrogens with one attached hydrogen (secondary N) is 1. The molecule has 2 rings (SSSR count). The summed E-state index contributed by atoms with van der Waals surface area (Å²) >= 11 is 0. The number of alkyl halides is 3. The normalized spacial score (nSPS) is 11.2. The Morgan fingerprint density at radius 2 is 1.60 bits per heavy atom. The summed E-state index contributed by atoms with van der Waals surface area (Å²) in [6, 6.07) is 10.6. The Labute approximate surface area is 112 Å². The molecule has 2 aromatic carbocycles. The minimum atomic E-state index is -4.45. The molecule has 0 saturated carbocycles. The number of para-hydroxylation sites is 1. The maximum absolute atomic E-state index is 12.8. The third kappa shape index (κ3) is 3.09. The second-order valence-corrected chi connectivity index (χ2v) is 4.05. The molecule has 0 radical (unpaired) electrons. The average molecular weight is 281 g/mol. The number of rotatable bonds is 3. The Morgan fingerprint density at radius 1 is 1.00 bits per heavy atom. The number of anilines is 2. The zero-order chi connectivity index (χ0) is 14.8. The Morgan fingerprint density at radius 3 is 2.15 bits per heavy atom. The molecule has 2 N–H and O–H groups in total. The molecule has 0 aliphatic carbocycles. The summed E-state index contributed by atoms with van der Waals surface area (Å²) in [6.45, 7) is 0.